The van der Waals surface area contributed by atoms with Crippen LogP contribution in [-0.2, 0) is 6.54 Å². The maximum Gasteiger partial charge on any atom is 0.273 e. The van der Waals surface area contributed by atoms with Crippen LogP contribution in [0.25, 0.3) is 0 Å². The zero-order valence-electron chi connectivity index (χ0n) is 12.7. The van der Waals surface area contributed by atoms with Crippen molar-refractivity contribution in [3.8, 4) is 0 Å². The van der Waals surface area contributed by atoms with Crippen molar-refractivity contribution in [1.29, 1.82) is 0 Å². The van der Waals surface area contributed by atoms with Gasteiger partial charge < -0.3 is 15.5 Å². The number of aromatic nitrogens is 2. The van der Waals surface area contributed by atoms with Gasteiger partial charge >= 0.3 is 0 Å². The van der Waals surface area contributed by atoms with E-state index in [1.807, 2.05) is 17.0 Å². The molecule has 3 rings (SSSR count). The lowest BCUT2D eigenvalue weighted by molar-refractivity contribution is 0.0741. The molecule has 2 aromatic heterocycles. The Morgan fingerprint density at radius 1 is 1.25 bits per heavy atom. The largest absolute Gasteiger partial charge is 0.353 e. The summed E-state index contributed by atoms with van der Waals surface area (Å²) in [6, 6.07) is 3.72. The molecular weight excluding hydrogens is 393 g/mol. The molecule has 2 N–H and O–H groups in total. The summed E-state index contributed by atoms with van der Waals surface area (Å²) in [4.78, 5) is 24.9. The molecule has 6 nitrogen and oxygen atoms in total. The third-order valence-corrected chi connectivity index (χ3v) is 4.64. The summed E-state index contributed by atoms with van der Waals surface area (Å²) in [7, 11) is 0. The summed E-state index contributed by atoms with van der Waals surface area (Å²) in [6.07, 6.45) is 1.64. The molecule has 1 aliphatic rings. The zero-order valence-corrected chi connectivity index (χ0v) is 15.9. The van der Waals surface area contributed by atoms with Crippen molar-refractivity contribution in [1.82, 2.24) is 14.9 Å². The molecule has 3 heterocycles. The second kappa shape index (κ2) is 9.39. The Balaban J connectivity index is 0.00000144. The van der Waals surface area contributed by atoms with Crippen molar-refractivity contribution in [2.45, 2.75) is 6.54 Å². The summed E-state index contributed by atoms with van der Waals surface area (Å²) in [5.74, 6) is 0.857. The topological polar surface area (TPSA) is 75.3 Å². The molecule has 0 atom stereocenters. The first-order chi connectivity index (χ1) is 10.7. The monoisotopic (exact) mass is 409 g/mol. The van der Waals surface area contributed by atoms with E-state index in [1.165, 1.54) is 11.3 Å². The predicted molar refractivity (Wildman–Crippen MR) is 102 cm³/mol. The van der Waals surface area contributed by atoms with Crippen LogP contribution in [0.5, 0.6) is 0 Å². The maximum absolute atomic E-state index is 12.4. The van der Waals surface area contributed by atoms with Gasteiger partial charge in [-0.15, -0.1) is 36.2 Å². The molecule has 2 aromatic rings. The molecule has 10 heteroatoms. The molecule has 1 saturated heterocycles. The standard InChI is InChI=1S/C14H16ClN5OS.2ClH/c15-10-1-2-12(17-8-10)19-3-5-20(6-4-19)14(21)11-9-22-13(7-16)18-11;;/h1-2,8-9H,3-7,16H2;2*1H. The van der Waals surface area contributed by atoms with E-state index in [1.54, 1.807) is 11.6 Å². The number of halogens is 3. The number of carbonyl (C=O) groups is 1. The van der Waals surface area contributed by atoms with Gasteiger partial charge in [0, 0.05) is 44.3 Å². The third kappa shape index (κ3) is 4.70. The van der Waals surface area contributed by atoms with Gasteiger partial charge in [0.25, 0.3) is 5.91 Å². The number of anilines is 1. The highest BCUT2D eigenvalue weighted by molar-refractivity contribution is 7.09. The number of nitrogens with zero attached hydrogens (tertiary/aromatic N) is 4. The second-order valence-electron chi connectivity index (χ2n) is 4.94. The van der Waals surface area contributed by atoms with E-state index in [-0.39, 0.29) is 30.7 Å². The summed E-state index contributed by atoms with van der Waals surface area (Å²) < 4.78 is 0. The van der Waals surface area contributed by atoms with Gasteiger partial charge in [-0.25, -0.2) is 9.97 Å². The van der Waals surface area contributed by atoms with Crippen LogP contribution < -0.4 is 10.6 Å². The molecular formula is C14H18Cl3N5OS. The number of hydrogen-bond acceptors (Lipinski definition) is 6. The molecule has 0 aliphatic carbocycles. The second-order valence-corrected chi connectivity index (χ2v) is 6.32. The van der Waals surface area contributed by atoms with E-state index in [0.29, 0.717) is 30.4 Å². The minimum absolute atomic E-state index is 0. The van der Waals surface area contributed by atoms with Gasteiger partial charge in [0.05, 0.1) is 5.02 Å². The van der Waals surface area contributed by atoms with Crippen molar-refractivity contribution in [2.75, 3.05) is 31.1 Å². The van der Waals surface area contributed by atoms with Crippen molar-refractivity contribution < 1.29 is 4.79 Å². The summed E-state index contributed by atoms with van der Waals surface area (Å²) in [6.45, 7) is 3.16. The van der Waals surface area contributed by atoms with E-state index in [2.05, 4.69) is 14.9 Å². The van der Waals surface area contributed by atoms with Crippen LogP contribution in [0.15, 0.2) is 23.7 Å². The summed E-state index contributed by atoms with van der Waals surface area (Å²) >= 11 is 7.27. The quantitative estimate of drug-likeness (QED) is 0.841. The number of hydrogen-bond donors (Lipinski definition) is 1. The van der Waals surface area contributed by atoms with Crippen LogP contribution in [0.2, 0.25) is 5.02 Å². The number of carbonyl (C=O) groups excluding carboxylic acids is 1. The molecule has 0 aromatic carbocycles. The molecule has 0 bridgehead atoms. The van der Waals surface area contributed by atoms with Gasteiger partial charge in [-0.3, -0.25) is 4.79 Å². The number of piperazine rings is 1. The Morgan fingerprint density at radius 2 is 1.96 bits per heavy atom. The summed E-state index contributed by atoms with van der Waals surface area (Å²) in [5, 5.41) is 3.18. The van der Waals surface area contributed by atoms with Crippen LogP contribution in [0.3, 0.4) is 0 Å². The highest BCUT2D eigenvalue weighted by Gasteiger charge is 2.24. The minimum Gasteiger partial charge on any atom is -0.353 e. The van der Waals surface area contributed by atoms with Crippen molar-refractivity contribution in [3.63, 3.8) is 0 Å². The van der Waals surface area contributed by atoms with Gasteiger partial charge in [-0.05, 0) is 12.1 Å². The molecule has 132 valence electrons. The number of rotatable bonds is 3. The fourth-order valence-corrected chi connectivity index (χ4v) is 3.12. The average Bonchev–Trinajstić information content (AvgIpc) is 3.04. The Morgan fingerprint density at radius 3 is 2.50 bits per heavy atom. The molecule has 0 spiro atoms. The van der Waals surface area contributed by atoms with Gasteiger partial charge in [-0.1, -0.05) is 11.6 Å². The van der Waals surface area contributed by atoms with Gasteiger partial charge in [0.1, 0.15) is 16.5 Å². The third-order valence-electron chi connectivity index (χ3n) is 3.55. The molecule has 1 aliphatic heterocycles. The number of pyridine rings is 1. The average molecular weight is 411 g/mol. The van der Waals surface area contributed by atoms with E-state index in [4.69, 9.17) is 17.3 Å². The number of thiazole rings is 1. The highest BCUT2D eigenvalue weighted by Crippen LogP contribution is 2.18. The fraction of sp³-hybridized carbons (Fsp3) is 0.357. The molecule has 0 unspecified atom stereocenters. The Hall–Kier alpha value is -1.12. The minimum atomic E-state index is -0.0281. The fourth-order valence-electron chi connectivity index (χ4n) is 2.36. The highest BCUT2D eigenvalue weighted by atomic mass is 35.5. The van der Waals surface area contributed by atoms with Crippen molar-refractivity contribution in [2.24, 2.45) is 5.73 Å². The number of nitrogens with two attached hydrogens (primary N) is 1. The Kier molecular flexibility index (Phi) is 8.18. The van der Waals surface area contributed by atoms with Crippen LogP contribution in [0.4, 0.5) is 5.82 Å². The lowest BCUT2D eigenvalue weighted by atomic mass is 10.3. The molecule has 24 heavy (non-hydrogen) atoms. The first-order valence-corrected chi connectivity index (χ1v) is 8.23. The van der Waals surface area contributed by atoms with Crippen LogP contribution in [-0.4, -0.2) is 47.0 Å². The van der Waals surface area contributed by atoms with Crippen molar-refractivity contribution in [3.05, 3.63) is 39.4 Å². The first kappa shape index (κ1) is 20.9. The Labute approximate surface area is 161 Å². The lowest BCUT2D eigenvalue weighted by Crippen LogP contribution is -2.49. The lowest BCUT2D eigenvalue weighted by Gasteiger charge is -2.35. The Bertz CT molecular complexity index is 659. The molecule has 1 amide bonds. The summed E-state index contributed by atoms with van der Waals surface area (Å²) in [5.41, 5.74) is 6.02. The van der Waals surface area contributed by atoms with Crippen LogP contribution in [0, 0.1) is 0 Å². The van der Waals surface area contributed by atoms with Gasteiger partial charge in [0.2, 0.25) is 0 Å². The predicted octanol–water partition coefficient (Wildman–Crippen LogP) is 2.46. The van der Waals surface area contributed by atoms with E-state index < -0.39 is 0 Å². The first-order valence-electron chi connectivity index (χ1n) is 6.97. The SMILES string of the molecule is Cl.Cl.NCc1nc(C(=O)N2CCN(c3ccc(Cl)cn3)CC2)cs1. The molecule has 0 saturated carbocycles. The van der Waals surface area contributed by atoms with Crippen LogP contribution >= 0.6 is 47.8 Å². The molecule has 0 radical (unpaired) electrons. The van der Waals surface area contributed by atoms with E-state index in [9.17, 15) is 4.79 Å². The van der Waals surface area contributed by atoms with Crippen molar-refractivity contribution >= 4 is 59.5 Å². The van der Waals surface area contributed by atoms with Gasteiger partial charge in [0.15, 0.2) is 0 Å². The van der Waals surface area contributed by atoms with Gasteiger partial charge in [-0.2, -0.15) is 0 Å². The van der Waals surface area contributed by atoms with E-state index in [0.717, 1.165) is 23.9 Å². The van der Waals surface area contributed by atoms with Crippen LogP contribution in [0.1, 0.15) is 15.5 Å². The number of amides is 1. The zero-order chi connectivity index (χ0) is 15.5. The van der Waals surface area contributed by atoms with E-state index >= 15 is 0 Å². The smallest absolute Gasteiger partial charge is 0.273 e. The normalized spacial score (nSPS) is 13.9. The molecule has 1 fully saturated rings. The maximum atomic E-state index is 12.4.